The number of methoxy groups -OCH3 is 1. The molecule has 26 heavy (non-hydrogen) atoms. The Balaban J connectivity index is 0.00000338. The lowest BCUT2D eigenvalue weighted by Crippen LogP contribution is -2.53. The van der Waals surface area contributed by atoms with Crippen LogP contribution in [-0.2, 0) is 4.74 Å². The first-order valence-corrected chi connectivity index (χ1v) is 9.20. The first-order valence-electron chi connectivity index (χ1n) is 9.20. The summed E-state index contributed by atoms with van der Waals surface area (Å²) < 4.78 is 10.8. The Labute approximate surface area is 175 Å². The summed E-state index contributed by atoms with van der Waals surface area (Å²) >= 11 is 0. The highest BCUT2D eigenvalue weighted by Gasteiger charge is 2.19. The van der Waals surface area contributed by atoms with Gasteiger partial charge in [0.25, 0.3) is 0 Å². The van der Waals surface area contributed by atoms with Crippen LogP contribution in [0, 0.1) is 0 Å². The molecule has 1 aromatic carbocycles. The van der Waals surface area contributed by atoms with E-state index in [0.717, 1.165) is 64.1 Å². The van der Waals surface area contributed by atoms with Crippen LogP contribution in [0.1, 0.15) is 19.8 Å². The second-order valence-corrected chi connectivity index (χ2v) is 6.11. The van der Waals surface area contributed by atoms with Crippen LogP contribution in [0.5, 0.6) is 5.75 Å². The van der Waals surface area contributed by atoms with Crippen molar-refractivity contribution in [2.45, 2.75) is 19.8 Å². The summed E-state index contributed by atoms with van der Waals surface area (Å²) in [6.07, 6.45) is 2.30. The number of benzene rings is 1. The monoisotopic (exact) mass is 476 g/mol. The molecule has 1 saturated heterocycles. The predicted octanol–water partition coefficient (Wildman–Crippen LogP) is 2.83. The average Bonchev–Trinajstić information content (AvgIpc) is 2.68. The SMILES string of the molecule is CCCCOCCNC(=NC)N1CCN(c2ccc(OC)cc2)CC1.I. The molecule has 0 radical (unpaired) electrons. The summed E-state index contributed by atoms with van der Waals surface area (Å²) in [5.41, 5.74) is 1.24. The Kier molecular flexibility index (Phi) is 11.4. The third-order valence-corrected chi connectivity index (χ3v) is 4.40. The highest BCUT2D eigenvalue weighted by molar-refractivity contribution is 14.0. The van der Waals surface area contributed by atoms with Gasteiger partial charge in [0.2, 0.25) is 0 Å². The molecule has 1 heterocycles. The van der Waals surface area contributed by atoms with Gasteiger partial charge in [0.15, 0.2) is 5.96 Å². The predicted molar refractivity (Wildman–Crippen MR) is 119 cm³/mol. The largest absolute Gasteiger partial charge is 0.497 e. The summed E-state index contributed by atoms with van der Waals surface area (Å²) in [7, 11) is 3.54. The number of piperazine rings is 1. The summed E-state index contributed by atoms with van der Waals surface area (Å²) in [6, 6.07) is 8.27. The second-order valence-electron chi connectivity index (χ2n) is 6.11. The number of halogens is 1. The van der Waals surface area contributed by atoms with Crippen molar-refractivity contribution in [3.05, 3.63) is 24.3 Å². The molecule has 0 aliphatic carbocycles. The summed E-state index contributed by atoms with van der Waals surface area (Å²) in [5.74, 6) is 1.86. The molecule has 1 N–H and O–H groups in total. The number of ether oxygens (including phenoxy) is 2. The van der Waals surface area contributed by atoms with Gasteiger partial charge in [-0.15, -0.1) is 24.0 Å². The first kappa shape index (κ1) is 22.8. The van der Waals surface area contributed by atoms with E-state index in [2.05, 4.69) is 39.2 Å². The minimum absolute atomic E-state index is 0. The van der Waals surface area contributed by atoms with Crippen molar-refractivity contribution in [3.63, 3.8) is 0 Å². The van der Waals surface area contributed by atoms with Crippen molar-refractivity contribution in [1.29, 1.82) is 0 Å². The number of hydrogen-bond acceptors (Lipinski definition) is 4. The van der Waals surface area contributed by atoms with Gasteiger partial charge in [-0.25, -0.2) is 0 Å². The molecule has 2 rings (SSSR count). The number of aliphatic imine (C=N–C) groups is 1. The van der Waals surface area contributed by atoms with E-state index in [0.29, 0.717) is 0 Å². The molecular weight excluding hydrogens is 443 g/mol. The number of nitrogens with zero attached hydrogens (tertiary/aromatic N) is 3. The fraction of sp³-hybridized carbons (Fsp3) is 0.632. The lowest BCUT2D eigenvalue weighted by atomic mass is 10.2. The van der Waals surface area contributed by atoms with Gasteiger partial charge in [-0.2, -0.15) is 0 Å². The summed E-state index contributed by atoms with van der Waals surface area (Å²) in [6.45, 7) is 8.44. The molecular formula is C19H33IN4O2. The van der Waals surface area contributed by atoms with Crippen molar-refractivity contribution in [2.75, 3.05) is 65.0 Å². The molecule has 1 aliphatic rings. The molecule has 1 aromatic rings. The number of anilines is 1. The molecule has 0 bridgehead atoms. The molecule has 148 valence electrons. The van der Waals surface area contributed by atoms with Crippen LogP contribution < -0.4 is 15.0 Å². The van der Waals surface area contributed by atoms with Gasteiger partial charge < -0.3 is 24.6 Å². The fourth-order valence-corrected chi connectivity index (χ4v) is 2.89. The smallest absolute Gasteiger partial charge is 0.193 e. The third kappa shape index (κ3) is 7.19. The van der Waals surface area contributed by atoms with Gasteiger partial charge in [-0.3, -0.25) is 4.99 Å². The van der Waals surface area contributed by atoms with Crippen molar-refractivity contribution in [3.8, 4) is 5.75 Å². The highest BCUT2D eigenvalue weighted by Crippen LogP contribution is 2.20. The molecule has 6 nitrogen and oxygen atoms in total. The second kappa shape index (κ2) is 13.0. The van der Waals surface area contributed by atoms with Gasteiger partial charge in [0, 0.05) is 52.1 Å². The maximum Gasteiger partial charge on any atom is 0.193 e. The van der Waals surface area contributed by atoms with E-state index < -0.39 is 0 Å². The van der Waals surface area contributed by atoms with Crippen molar-refractivity contribution >= 4 is 35.6 Å². The van der Waals surface area contributed by atoms with Gasteiger partial charge in [-0.05, 0) is 30.7 Å². The van der Waals surface area contributed by atoms with E-state index in [-0.39, 0.29) is 24.0 Å². The molecule has 1 fully saturated rings. The zero-order chi connectivity index (χ0) is 17.9. The Morgan fingerprint density at radius 3 is 2.38 bits per heavy atom. The third-order valence-electron chi connectivity index (χ3n) is 4.40. The number of nitrogens with one attached hydrogen (secondary N) is 1. The topological polar surface area (TPSA) is 49.3 Å². The van der Waals surface area contributed by atoms with Crippen molar-refractivity contribution < 1.29 is 9.47 Å². The van der Waals surface area contributed by atoms with E-state index in [9.17, 15) is 0 Å². The molecule has 0 amide bonds. The molecule has 1 aliphatic heterocycles. The maximum atomic E-state index is 5.60. The normalized spacial score (nSPS) is 14.8. The molecule has 0 spiro atoms. The standard InChI is InChI=1S/C19H32N4O2.HI/c1-4-5-15-25-16-10-21-19(20-2)23-13-11-22(12-14-23)17-6-8-18(24-3)9-7-17;/h6-9H,4-5,10-16H2,1-3H3,(H,20,21);1H. The van der Waals surface area contributed by atoms with Crippen LogP contribution >= 0.6 is 24.0 Å². The molecule has 0 aromatic heterocycles. The summed E-state index contributed by atoms with van der Waals surface area (Å²) in [4.78, 5) is 9.12. The van der Waals surface area contributed by atoms with Crippen molar-refractivity contribution in [2.24, 2.45) is 4.99 Å². The minimum Gasteiger partial charge on any atom is -0.497 e. The van der Waals surface area contributed by atoms with Gasteiger partial charge in [0.05, 0.1) is 13.7 Å². The Hall–Kier alpha value is -1.22. The zero-order valence-electron chi connectivity index (χ0n) is 16.2. The van der Waals surface area contributed by atoms with Crippen LogP contribution in [0.25, 0.3) is 0 Å². The number of hydrogen-bond donors (Lipinski definition) is 1. The Morgan fingerprint density at radius 1 is 1.12 bits per heavy atom. The van der Waals surface area contributed by atoms with E-state index in [4.69, 9.17) is 9.47 Å². The van der Waals surface area contributed by atoms with Crippen LogP contribution in [0.2, 0.25) is 0 Å². The van der Waals surface area contributed by atoms with Gasteiger partial charge in [0.1, 0.15) is 5.75 Å². The van der Waals surface area contributed by atoms with Crippen LogP contribution in [0.15, 0.2) is 29.3 Å². The molecule has 7 heteroatoms. The summed E-state index contributed by atoms with van der Waals surface area (Å²) in [5, 5.41) is 3.40. The first-order chi connectivity index (χ1) is 12.3. The molecule has 0 unspecified atom stereocenters. The molecule has 0 atom stereocenters. The lowest BCUT2D eigenvalue weighted by Gasteiger charge is -2.37. The fourth-order valence-electron chi connectivity index (χ4n) is 2.89. The van der Waals surface area contributed by atoms with Crippen LogP contribution in [0.3, 0.4) is 0 Å². The molecule has 0 saturated carbocycles. The van der Waals surface area contributed by atoms with E-state index in [1.54, 1.807) is 7.11 Å². The van der Waals surface area contributed by atoms with Gasteiger partial charge >= 0.3 is 0 Å². The number of rotatable bonds is 8. The van der Waals surface area contributed by atoms with Crippen molar-refractivity contribution in [1.82, 2.24) is 10.2 Å². The lowest BCUT2D eigenvalue weighted by molar-refractivity contribution is 0.135. The highest BCUT2D eigenvalue weighted by atomic mass is 127. The number of unbranched alkanes of at least 4 members (excludes halogenated alkanes) is 1. The average molecular weight is 476 g/mol. The van der Waals surface area contributed by atoms with Crippen LogP contribution in [-0.4, -0.2) is 71.0 Å². The van der Waals surface area contributed by atoms with E-state index >= 15 is 0 Å². The quantitative estimate of drug-likeness (QED) is 0.271. The Morgan fingerprint density at radius 2 is 1.81 bits per heavy atom. The van der Waals surface area contributed by atoms with E-state index in [1.165, 1.54) is 12.1 Å². The zero-order valence-corrected chi connectivity index (χ0v) is 18.6. The van der Waals surface area contributed by atoms with Crippen LogP contribution in [0.4, 0.5) is 5.69 Å². The number of guanidine groups is 1. The Bertz CT molecular complexity index is 517. The van der Waals surface area contributed by atoms with E-state index in [1.807, 2.05) is 19.2 Å². The van der Waals surface area contributed by atoms with Gasteiger partial charge in [-0.1, -0.05) is 13.3 Å². The maximum absolute atomic E-state index is 5.60. The minimum atomic E-state index is 0.